The largest absolute Gasteiger partial charge is 0.496 e. The summed E-state index contributed by atoms with van der Waals surface area (Å²) in [7, 11) is 2.90. The van der Waals surface area contributed by atoms with Gasteiger partial charge in [0, 0.05) is 18.6 Å². The number of hydrogen-bond acceptors (Lipinski definition) is 8. The van der Waals surface area contributed by atoms with E-state index in [9.17, 15) is 9.59 Å². The summed E-state index contributed by atoms with van der Waals surface area (Å²) in [6.45, 7) is 1.37. The van der Waals surface area contributed by atoms with Gasteiger partial charge in [0.25, 0.3) is 0 Å². The topological polar surface area (TPSA) is 93.4 Å². The number of ether oxygens (including phenoxy) is 5. The average molecular weight is 384 g/mol. The van der Waals surface area contributed by atoms with E-state index in [0.29, 0.717) is 22.8 Å². The normalized spacial score (nSPS) is 12.1. The lowest BCUT2D eigenvalue weighted by molar-refractivity contribution is -0.132. The predicted molar refractivity (Wildman–Crippen MR) is 98.5 cm³/mol. The van der Waals surface area contributed by atoms with E-state index in [1.165, 1.54) is 39.5 Å². The van der Waals surface area contributed by atoms with E-state index in [1.807, 2.05) is 0 Å². The minimum Gasteiger partial charge on any atom is -0.496 e. The summed E-state index contributed by atoms with van der Waals surface area (Å²) in [6.07, 6.45) is 1.31. The summed E-state index contributed by atoms with van der Waals surface area (Å²) in [6, 6.07) is 6.33. The monoisotopic (exact) mass is 384 g/mol. The second-order valence-corrected chi connectivity index (χ2v) is 5.95. The number of rotatable bonds is 4. The Morgan fingerprint density at radius 3 is 2.43 bits per heavy atom. The van der Waals surface area contributed by atoms with E-state index in [-0.39, 0.29) is 40.3 Å². The fourth-order valence-corrected chi connectivity index (χ4v) is 3.07. The van der Waals surface area contributed by atoms with Gasteiger partial charge >= 0.3 is 5.97 Å². The molecule has 0 unspecified atom stereocenters. The molecule has 0 spiro atoms. The van der Waals surface area contributed by atoms with Crippen molar-refractivity contribution in [1.29, 1.82) is 0 Å². The molecule has 1 aliphatic rings. The lowest BCUT2D eigenvalue weighted by Gasteiger charge is -2.12. The van der Waals surface area contributed by atoms with E-state index < -0.39 is 5.97 Å². The van der Waals surface area contributed by atoms with Gasteiger partial charge in [-0.05, 0) is 18.2 Å². The molecule has 0 bridgehead atoms. The van der Waals surface area contributed by atoms with E-state index >= 15 is 0 Å². The highest BCUT2D eigenvalue weighted by atomic mass is 16.7. The van der Waals surface area contributed by atoms with Crippen LogP contribution in [0.4, 0.5) is 0 Å². The molecule has 0 saturated carbocycles. The van der Waals surface area contributed by atoms with Crippen LogP contribution in [0.5, 0.6) is 28.7 Å². The molecule has 0 saturated heterocycles. The molecule has 1 aliphatic heterocycles. The smallest absolute Gasteiger partial charge is 0.308 e. The van der Waals surface area contributed by atoms with E-state index in [4.69, 9.17) is 28.1 Å². The molecule has 8 heteroatoms. The molecule has 8 nitrogen and oxygen atoms in total. The molecule has 0 N–H and O–H groups in total. The van der Waals surface area contributed by atoms with Gasteiger partial charge < -0.3 is 28.1 Å². The Morgan fingerprint density at radius 1 is 1.00 bits per heavy atom. The molecule has 0 amide bonds. The van der Waals surface area contributed by atoms with Crippen LogP contribution in [-0.2, 0) is 4.79 Å². The Morgan fingerprint density at radius 2 is 1.75 bits per heavy atom. The molecule has 2 aromatic carbocycles. The molecular formula is C20H16O8. The standard InChI is InChI=1S/C20H16O8/c1-10(21)28-14-5-4-11-18(22)13(8-25-19(11)20(14)24-3)12-6-16-17(27-9-26-16)7-15(12)23-2/h4-8H,9H2,1-3H3. The van der Waals surface area contributed by atoms with Gasteiger partial charge in [0.05, 0.1) is 25.2 Å². The number of methoxy groups -OCH3 is 2. The van der Waals surface area contributed by atoms with E-state index in [2.05, 4.69) is 0 Å². The van der Waals surface area contributed by atoms with Gasteiger partial charge in [0.15, 0.2) is 22.8 Å². The molecule has 0 atom stereocenters. The van der Waals surface area contributed by atoms with Gasteiger partial charge in [-0.1, -0.05) is 0 Å². The lowest BCUT2D eigenvalue weighted by atomic mass is 10.0. The minimum atomic E-state index is -0.512. The zero-order chi connectivity index (χ0) is 19.8. The summed E-state index contributed by atoms with van der Waals surface area (Å²) in [4.78, 5) is 24.4. The molecule has 1 aromatic heterocycles. The molecule has 0 fully saturated rings. The molecule has 2 heterocycles. The number of benzene rings is 2. The maximum atomic E-state index is 13.1. The highest BCUT2D eigenvalue weighted by Crippen LogP contribution is 2.42. The van der Waals surface area contributed by atoms with Crippen molar-refractivity contribution >= 4 is 16.9 Å². The van der Waals surface area contributed by atoms with E-state index in [1.54, 1.807) is 12.1 Å². The van der Waals surface area contributed by atoms with Crippen molar-refractivity contribution in [1.82, 2.24) is 0 Å². The Hall–Kier alpha value is -3.68. The molecule has 4 rings (SSSR count). The van der Waals surface area contributed by atoms with Crippen LogP contribution >= 0.6 is 0 Å². The van der Waals surface area contributed by atoms with Gasteiger partial charge in [-0.3, -0.25) is 9.59 Å². The number of carbonyl (C=O) groups is 1. The SMILES string of the molecule is COc1cc2c(cc1-c1coc3c(OC)c(OC(C)=O)ccc3c1=O)OCO2. The Bertz CT molecular complexity index is 1150. The van der Waals surface area contributed by atoms with Crippen molar-refractivity contribution in [3.05, 3.63) is 40.8 Å². The number of esters is 1. The predicted octanol–water partition coefficient (Wildman–Crippen LogP) is 3.13. The number of hydrogen-bond donors (Lipinski definition) is 0. The van der Waals surface area contributed by atoms with Gasteiger partial charge in [-0.25, -0.2) is 0 Å². The first-order valence-corrected chi connectivity index (χ1v) is 8.32. The summed E-state index contributed by atoms with van der Waals surface area (Å²) >= 11 is 0. The fraction of sp³-hybridized carbons (Fsp3) is 0.200. The van der Waals surface area contributed by atoms with E-state index in [0.717, 1.165) is 0 Å². The number of carbonyl (C=O) groups excluding carboxylic acids is 1. The molecule has 28 heavy (non-hydrogen) atoms. The molecule has 0 aliphatic carbocycles. The highest BCUT2D eigenvalue weighted by molar-refractivity contribution is 5.90. The van der Waals surface area contributed by atoms with Crippen molar-refractivity contribution < 1.29 is 32.9 Å². The van der Waals surface area contributed by atoms with Crippen LogP contribution in [-0.4, -0.2) is 27.0 Å². The van der Waals surface area contributed by atoms with Gasteiger partial charge in [-0.15, -0.1) is 0 Å². The summed E-state index contributed by atoms with van der Waals surface area (Å²) < 4.78 is 32.2. The zero-order valence-electron chi connectivity index (χ0n) is 15.4. The zero-order valence-corrected chi connectivity index (χ0v) is 15.4. The van der Waals surface area contributed by atoms with Gasteiger partial charge in [0.2, 0.25) is 18.0 Å². The maximum Gasteiger partial charge on any atom is 0.308 e. The Labute approximate surface area is 159 Å². The van der Waals surface area contributed by atoms with Crippen molar-refractivity contribution in [2.75, 3.05) is 21.0 Å². The Balaban J connectivity index is 1.92. The van der Waals surface area contributed by atoms with Crippen LogP contribution in [0.15, 0.2) is 39.7 Å². The highest BCUT2D eigenvalue weighted by Gasteiger charge is 2.23. The van der Waals surface area contributed by atoms with Gasteiger partial charge in [0.1, 0.15) is 12.0 Å². The van der Waals surface area contributed by atoms with Crippen LogP contribution in [0.25, 0.3) is 22.1 Å². The van der Waals surface area contributed by atoms with Gasteiger partial charge in [-0.2, -0.15) is 0 Å². The first-order chi connectivity index (χ1) is 13.5. The lowest BCUT2D eigenvalue weighted by Crippen LogP contribution is -2.08. The second kappa shape index (κ2) is 6.80. The first kappa shape index (κ1) is 17.7. The fourth-order valence-electron chi connectivity index (χ4n) is 3.07. The molecule has 3 aromatic rings. The third kappa shape index (κ3) is 2.79. The third-order valence-electron chi connectivity index (χ3n) is 4.30. The van der Waals surface area contributed by atoms with Crippen LogP contribution in [0.1, 0.15) is 6.92 Å². The summed E-state index contributed by atoms with van der Waals surface area (Å²) in [5.74, 6) is 1.31. The summed E-state index contributed by atoms with van der Waals surface area (Å²) in [5.41, 5.74) is 0.663. The van der Waals surface area contributed by atoms with Crippen LogP contribution < -0.4 is 29.1 Å². The van der Waals surface area contributed by atoms with Crippen molar-refractivity contribution in [2.24, 2.45) is 0 Å². The van der Waals surface area contributed by atoms with Crippen LogP contribution in [0.3, 0.4) is 0 Å². The molecule has 0 radical (unpaired) electrons. The Kier molecular flexibility index (Phi) is 4.31. The number of fused-ring (bicyclic) bond motifs is 2. The molecular weight excluding hydrogens is 368 g/mol. The van der Waals surface area contributed by atoms with Crippen LogP contribution in [0, 0.1) is 0 Å². The maximum absolute atomic E-state index is 13.1. The van der Waals surface area contributed by atoms with Crippen molar-refractivity contribution in [2.45, 2.75) is 6.92 Å². The second-order valence-electron chi connectivity index (χ2n) is 5.95. The summed E-state index contributed by atoms with van der Waals surface area (Å²) in [5, 5.41) is 0.268. The van der Waals surface area contributed by atoms with Crippen molar-refractivity contribution in [3.8, 4) is 39.9 Å². The molecule has 144 valence electrons. The van der Waals surface area contributed by atoms with Crippen molar-refractivity contribution in [3.63, 3.8) is 0 Å². The third-order valence-corrected chi connectivity index (χ3v) is 4.30. The quantitative estimate of drug-likeness (QED) is 0.500. The first-order valence-electron chi connectivity index (χ1n) is 8.32. The minimum absolute atomic E-state index is 0.102. The van der Waals surface area contributed by atoms with Crippen LogP contribution in [0.2, 0.25) is 0 Å². The average Bonchev–Trinajstić information content (AvgIpc) is 3.14.